The van der Waals surface area contributed by atoms with Crippen molar-refractivity contribution in [3.63, 3.8) is 0 Å². The Balaban J connectivity index is 2.18. The van der Waals surface area contributed by atoms with Gasteiger partial charge in [0.15, 0.2) is 11.6 Å². The van der Waals surface area contributed by atoms with Crippen molar-refractivity contribution in [1.82, 2.24) is 0 Å². The van der Waals surface area contributed by atoms with E-state index >= 15 is 0 Å². The molecule has 1 unspecified atom stereocenters. The highest BCUT2D eigenvalue weighted by Crippen LogP contribution is 2.26. The Morgan fingerprint density at radius 2 is 2.00 bits per heavy atom. The smallest absolute Gasteiger partial charge is 0.165 e. The highest BCUT2D eigenvalue weighted by molar-refractivity contribution is 6.31. The van der Waals surface area contributed by atoms with Crippen LogP contribution in [0, 0.1) is 5.82 Å². The molecule has 4 heteroatoms. The molecule has 0 amide bonds. The maximum absolute atomic E-state index is 13.6. The number of halogens is 2. The van der Waals surface area contributed by atoms with Gasteiger partial charge in [0.2, 0.25) is 0 Å². The SMILES string of the molecule is COc1ccc(C(O)Cc2ccccc2Cl)cc1F. The van der Waals surface area contributed by atoms with Crippen LogP contribution in [0.2, 0.25) is 5.02 Å². The molecule has 0 saturated carbocycles. The Bertz CT molecular complexity index is 572. The Hall–Kier alpha value is -1.58. The van der Waals surface area contributed by atoms with E-state index in [4.69, 9.17) is 16.3 Å². The van der Waals surface area contributed by atoms with Gasteiger partial charge in [-0.15, -0.1) is 0 Å². The van der Waals surface area contributed by atoms with Crippen LogP contribution in [-0.2, 0) is 6.42 Å². The van der Waals surface area contributed by atoms with Gasteiger partial charge in [0.1, 0.15) is 0 Å². The number of rotatable bonds is 4. The number of hydrogen-bond acceptors (Lipinski definition) is 2. The van der Waals surface area contributed by atoms with E-state index in [9.17, 15) is 9.50 Å². The Morgan fingerprint density at radius 1 is 1.26 bits per heavy atom. The van der Waals surface area contributed by atoms with Gasteiger partial charge in [-0.2, -0.15) is 0 Å². The summed E-state index contributed by atoms with van der Waals surface area (Å²) in [6.45, 7) is 0. The second-order valence-corrected chi connectivity index (χ2v) is 4.61. The largest absolute Gasteiger partial charge is 0.494 e. The van der Waals surface area contributed by atoms with Gasteiger partial charge in [-0.25, -0.2) is 4.39 Å². The standard InChI is InChI=1S/C15H14ClFO2/c1-19-15-7-6-11(8-13(15)17)14(18)9-10-4-2-3-5-12(10)16/h2-8,14,18H,9H2,1H3. The molecule has 2 aromatic carbocycles. The van der Waals surface area contributed by atoms with Crippen LogP contribution in [0.4, 0.5) is 4.39 Å². The third-order valence-electron chi connectivity index (χ3n) is 2.93. The van der Waals surface area contributed by atoms with Crippen molar-refractivity contribution in [2.45, 2.75) is 12.5 Å². The molecule has 0 aliphatic heterocycles. The van der Waals surface area contributed by atoms with E-state index < -0.39 is 11.9 Å². The summed E-state index contributed by atoms with van der Waals surface area (Å²) in [7, 11) is 1.40. The predicted molar refractivity (Wildman–Crippen MR) is 73.1 cm³/mol. The maximum Gasteiger partial charge on any atom is 0.165 e. The summed E-state index contributed by atoms with van der Waals surface area (Å²) in [5, 5.41) is 10.7. The van der Waals surface area contributed by atoms with E-state index in [-0.39, 0.29) is 5.75 Å². The Labute approximate surface area is 116 Å². The third kappa shape index (κ3) is 3.25. The summed E-state index contributed by atoms with van der Waals surface area (Å²) < 4.78 is 18.4. The fraction of sp³-hybridized carbons (Fsp3) is 0.200. The van der Waals surface area contributed by atoms with Gasteiger partial charge in [0.25, 0.3) is 0 Å². The van der Waals surface area contributed by atoms with Crippen LogP contribution in [0.15, 0.2) is 42.5 Å². The summed E-state index contributed by atoms with van der Waals surface area (Å²) >= 11 is 6.03. The molecule has 1 atom stereocenters. The molecule has 0 spiro atoms. The van der Waals surface area contributed by atoms with E-state index in [1.165, 1.54) is 19.2 Å². The predicted octanol–water partition coefficient (Wildman–Crippen LogP) is 3.76. The molecule has 1 N–H and O–H groups in total. The summed E-state index contributed by atoms with van der Waals surface area (Å²) in [5.41, 5.74) is 1.33. The highest BCUT2D eigenvalue weighted by Gasteiger charge is 2.13. The zero-order chi connectivity index (χ0) is 13.8. The second-order valence-electron chi connectivity index (χ2n) is 4.21. The van der Waals surface area contributed by atoms with Crippen molar-refractivity contribution in [2.24, 2.45) is 0 Å². The van der Waals surface area contributed by atoms with Crippen LogP contribution < -0.4 is 4.74 Å². The van der Waals surface area contributed by atoms with Crippen molar-refractivity contribution >= 4 is 11.6 Å². The van der Waals surface area contributed by atoms with Crippen LogP contribution in [-0.4, -0.2) is 12.2 Å². The molecule has 0 heterocycles. The molecule has 2 rings (SSSR count). The van der Waals surface area contributed by atoms with E-state index in [1.54, 1.807) is 12.1 Å². The first-order valence-electron chi connectivity index (χ1n) is 5.86. The van der Waals surface area contributed by atoms with Gasteiger partial charge >= 0.3 is 0 Å². The zero-order valence-corrected chi connectivity index (χ0v) is 11.2. The molecule has 0 aliphatic carbocycles. The molecule has 0 bridgehead atoms. The van der Waals surface area contributed by atoms with Crippen molar-refractivity contribution in [2.75, 3.05) is 7.11 Å². The molecule has 0 saturated heterocycles. The average Bonchev–Trinajstić information content (AvgIpc) is 2.41. The number of benzene rings is 2. The first-order chi connectivity index (χ1) is 9.11. The van der Waals surface area contributed by atoms with Crippen LogP contribution >= 0.6 is 11.6 Å². The molecule has 0 fully saturated rings. The van der Waals surface area contributed by atoms with Crippen LogP contribution in [0.5, 0.6) is 5.75 Å². The van der Waals surface area contributed by atoms with Crippen molar-refractivity contribution in [1.29, 1.82) is 0 Å². The minimum Gasteiger partial charge on any atom is -0.494 e. The van der Waals surface area contributed by atoms with Crippen molar-refractivity contribution in [3.05, 3.63) is 64.4 Å². The van der Waals surface area contributed by atoms with Gasteiger partial charge in [0, 0.05) is 11.4 Å². The van der Waals surface area contributed by atoms with E-state index in [0.29, 0.717) is 17.0 Å². The first-order valence-corrected chi connectivity index (χ1v) is 6.24. The summed E-state index contributed by atoms with van der Waals surface area (Å²) in [5.74, 6) is -0.327. The number of ether oxygens (including phenoxy) is 1. The highest BCUT2D eigenvalue weighted by atomic mass is 35.5. The van der Waals surface area contributed by atoms with Gasteiger partial charge in [-0.1, -0.05) is 35.9 Å². The Morgan fingerprint density at radius 3 is 2.63 bits per heavy atom. The summed E-state index contributed by atoms with van der Waals surface area (Å²) in [6.07, 6.45) is -0.467. The van der Waals surface area contributed by atoms with E-state index in [0.717, 1.165) is 5.56 Å². The first kappa shape index (κ1) is 13.8. The fourth-order valence-corrected chi connectivity index (χ4v) is 2.09. The van der Waals surface area contributed by atoms with Crippen molar-refractivity contribution in [3.8, 4) is 5.75 Å². The fourth-order valence-electron chi connectivity index (χ4n) is 1.88. The molecular weight excluding hydrogens is 267 g/mol. The third-order valence-corrected chi connectivity index (χ3v) is 3.30. The Kier molecular flexibility index (Phi) is 4.40. The summed E-state index contributed by atoms with van der Waals surface area (Å²) in [6, 6.07) is 11.7. The molecule has 0 radical (unpaired) electrons. The van der Waals surface area contributed by atoms with Crippen LogP contribution in [0.25, 0.3) is 0 Å². The molecule has 19 heavy (non-hydrogen) atoms. The minimum atomic E-state index is -0.805. The lowest BCUT2D eigenvalue weighted by Crippen LogP contribution is -2.03. The quantitative estimate of drug-likeness (QED) is 0.924. The van der Waals surface area contributed by atoms with Gasteiger partial charge in [-0.3, -0.25) is 0 Å². The molecule has 0 aliphatic rings. The lowest BCUT2D eigenvalue weighted by Gasteiger charge is -2.13. The second kappa shape index (κ2) is 6.04. The minimum absolute atomic E-state index is 0.161. The van der Waals surface area contributed by atoms with E-state index in [2.05, 4.69) is 0 Å². The number of methoxy groups -OCH3 is 1. The average molecular weight is 281 g/mol. The zero-order valence-electron chi connectivity index (χ0n) is 10.4. The summed E-state index contributed by atoms with van der Waals surface area (Å²) in [4.78, 5) is 0. The number of aliphatic hydroxyl groups is 1. The molecular formula is C15H14ClFO2. The molecule has 2 nitrogen and oxygen atoms in total. The van der Waals surface area contributed by atoms with E-state index in [1.807, 2.05) is 18.2 Å². The van der Waals surface area contributed by atoms with Crippen LogP contribution in [0.3, 0.4) is 0 Å². The van der Waals surface area contributed by atoms with Gasteiger partial charge in [-0.05, 0) is 29.3 Å². The number of hydrogen-bond donors (Lipinski definition) is 1. The molecule has 2 aromatic rings. The lowest BCUT2D eigenvalue weighted by atomic mass is 10.0. The number of aliphatic hydroxyl groups excluding tert-OH is 1. The lowest BCUT2D eigenvalue weighted by molar-refractivity contribution is 0.178. The maximum atomic E-state index is 13.6. The molecule has 100 valence electrons. The normalized spacial score (nSPS) is 12.2. The van der Waals surface area contributed by atoms with Crippen LogP contribution in [0.1, 0.15) is 17.2 Å². The topological polar surface area (TPSA) is 29.5 Å². The molecule has 0 aromatic heterocycles. The monoisotopic (exact) mass is 280 g/mol. The van der Waals surface area contributed by atoms with Gasteiger partial charge in [0.05, 0.1) is 13.2 Å². The van der Waals surface area contributed by atoms with Crippen molar-refractivity contribution < 1.29 is 14.2 Å². The van der Waals surface area contributed by atoms with Gasteiger partial charge < -0.3 is 9.84 Å².